The average Bonchev–Trinajstić information content (AvgIpc) is 3.33. The third-order valence-corrected chi connectivity index (χ3v) is 7.53. The van der Waals surface area contributed by atoms with Gasteiger partial charge in [-0.05, 0) is 54.6 Å². The number of hydrogen-bond donors (Lipinski definition) is 0. The van der Waals surface area contributed by atoms with Crippen LogP contribution in [0.5, 0.6) is 0 Å². The van der Waals surface area contributed by atoms with E-state index in [1.54, 1.807) is 0 Å². The lowest BCUT2D eigenvalue weighted by atomic mass is 9.90. The average molecular weight is 407 g/mol. The van der Waals surface area contributed by atoms with Crippen LogP contribution in [-0.4, -0.2) is 0 Å². The predicted octanol–water partition coefficient (Wildman–Crippen LogP) is 7.06. The van der Waals surface area contributed by atoms with Gasteiger partial charge in [0.25, 0.3) is 0 Å². The zero-order chi connectivity index (χ0) is 20.2. The first-order valence-electron chi connectivity index (χ1n) is 10.5. The molecule has 0 amide bonds. The summed E-state index contributed by atoms with van der Waals surface area (Å²) in [5.74, 6) is 0.451. The van der Waals surface area contributed by atoms with Gasteiger partial charge >= 0.3 is 0 Å². The molecule has 2 aromatic heterocycles. The van der Waals surface area contributed by atoms with Gasteiger partial charge in [0.15, 0.2) is 0 Å². The Morgan fingerprint density at radius 3 is 2.73 bits per heavy atom. The smallest absolute Gasteiger partial charge is 0.136 e. The van der Waals surface area contributed by atoms with E-state index in [4.69, 9.17) is 4.42 Å². The molecule has 2 heteroatoms. The molecule has 5 aromatic rings. The molecule has 1 aliphatic rings. The SMILES string of the molecule is C/C=C\C(=C/C)C1C=c2c(sc3c2ccc2cc4oc5ccccc5c4cc23)=CC1. The van der Waals surface area contributed by atoms with Gasteiger partial charge in [-0.3, -0.25) is 0 Å². The molecule has 0 aliphatic heterocycles. The van der Waals surface area contributed by atoms with Gasteiger partial charge in [0.2, 0.25) is 0 Å². The van der Waals surface area contributed by atoms with Gasteiger partial charge in [0.1, 0.15) is 11.2 Å². The van der Waals surface area contributed by atoms with Crippen molar-refractivity contribution in [2.75, 3.05) is 0 Å². The van der Waals surface area contributed by atoms with Gasteiger partial charge in [0.05, 0.1) is 0 Å². The summed E-state index contributed by atoms with van der Waals surface area (Å²) in [5, 5.41) is 7.72. The Morgan fingerprint density at radius 2 is 1.87 bits per heavy atom. The number of benzene rings is 3. The van der Waals surface area contributed by atoms with E-state index in [1.165, 1.54) is 47.0 Å². The molecular formula is C28H22OS. The molecule has 2 heterocycles. The van der Waals surface area contributed by atoms with E-state index in [0.29, 0.717) is 5.92 Å². The fourth-order valence-electron chi connectivity index (χ4n) is 4.82. The maximum Gasteiger partial charge on any atom is 0.136 e. The van der Waals surface area contributed by atoms with Crippen molar-refractivity contribution < 1.29 is 4.42 Å². The summed E-state index contributed by atoms with van der Waals surface area (Å²) in [5.41, 5.74) is 3.31. The Bertz CT molecular complexity index is 1640. The highest BCUT2D eigenvalue weighted by molar-refractivity contribution is 7.18. The van der Waals surface area contributed by atoms with Crippen molar-refractivity contribution in [3.05, 3.63) is 82.1 Å². The highest BCUT2D eigenvalue weighted by Gasteiger charge is 2.16. The third kappa shape index (κ3) is 2.54. The zero-order valence-electron chi connectivity index (χ0n) is 17.1. The molecule has 3 aromatic carbocycles. The van der Waals surface area contributed by atoms with Crippen molar-refractivity contribution in [1.82, 2.24) is 0 Å². The van der Waals surface area contributed by atoms with Crippen LogP contribution in [0.3, 0.4) is 0 Å². The fraction of sp³-hybridized carbons (Fsp3) is 0.143. The van der Waals surface area contributed by atoms with E-state index in [0.717, 1.165) is 17.6 Å². The Kier molecular flexibility index (Phi) is 3.97. The van der Waals surface area contributed by atoms with Crippen LogP contribution in [0.1, 0.15) is 20.3 Å². The van der Waals surface area contributed by atoms with Crippen LogP contribution >= 0.6 is 11.3 Å². The predicted molar refractivity (Wildman–Crippen MR) is 131 cm³/mol. The standard InChI is InChI=1S/C28H22OS/c1-3-7-17(4-2)18-11-13-27-24(14-18)21-12-10-19-15-26-23(16-22(19)28(21)30-27)20-8-5-6-9-25(20)29-26/h3-10,12-16,18H,11H2,1-2H3/b7-3-,17-4+. The lowest BCUT2D eigenvalue weighted by Gasteiger charge is -2.14. The molecule has 0 saturated carbocycles. The van der Waals surface area contributed by atoms with E-state index in [9.17, 15) is 0 Å². The highest BCUT2D eigenvalue weighted by atomic mass is 32.1. The second kappa shape index (κ2) is 6.72. The van der Waals surface area contributed by atoms with Crippen molar-refractivity contribution in [3.63, 3.8) is 0 Å². The molecule has 1 unspecified atom stereocenters. The first-order valence-corrected chi connectivity index (χ1v) is 11.4. The summed E-state index contributed by atoms with van der Waals surface area (Å²) >= 11 is 1.93. The quantitative estimate of drug-likeness (QED) is 0.286. The van der Waals surface area contributed by atoms with Crippen molar-refractivity contribution >= 4 is 66.3 Å². The number of rotatable bonds is 2. The monoisotopic (exact) mass is 406 g/mol. The fourth-order valence-corrected chi connectivity index (χ4v) is 6.08. The zero-order valence-corrected chi connectivity index (χ0v) is 17.9. The molecule has 30 heavy (non-hydrogen) atoms. The molecule has 0 fully saturated rings. The second-order valence-electron chi connectivity index (χ2n) is 7.99. The number of allylic oxidation sites excluding steroid dienone is 4. The van der Waals surface area contributed by atoms with Gasteiger partial charge < -0.3 is 4.42 Å². The van der Waals surface area contributed by atoms with Gasteiger partial charge in [-0.1, -0.05) is 60.7 Å². The first kappa shape index (κ1) is 17.7. The molecule has 1 nitrogen and oxygen atoms in total. The van der Waals surface area contributed by atoms with E-state index < -0.39 is 0 Å². The van der Waals surface area contributed by atoms with E-state index in [1.807, 2.05) is 23.5 Å². The molecule has 0 radical (unpaired) electrons. The van der Waals surface area contributed by atoms with Crippen LogP contribution in [0, 0.1) is 5.92 Å². The van der Waals surface area contributed by atoms with Gasteiger partial charge in [-0.25, -0.2) is 0 Å². The summed E-state index contributed by atoms with van der Waals surface area (Å²) in [6, 6.07) is 17.4. The summed E-state index contributed by atoms with van der Waals surface area (Å²) in [6.07, 6.45) is 12.6. The van der Waals surface area contributed by atoms with Gasteiger partial charge in [-0.2, -0.15) is 0 Å². The van der Waals surface area contributed by atoms with Crippen LogP contribution in [-0.2, 0) is 0 Å². The number of furan rings is 1. The van der Waals surface area contributed by atoms with Crippen LogP contribution in [0.2, 0.25) is 0 Å². The number of para-hydroxylation sites is 1. The first-order chi connectivity index (χ1) is 14.8. The van der Waals surface area contributed by atoms with Crippen LogP contribution in [0.4, 0.5) is 0 Å². The molecular weight excluding hydrogens is 384 g/mol. The summed E-state index contributed by atoms with van der Waals surface area (Å²) in [6.45, 7) is 4.23. The second-order valence-corrected chi connectivity index (χ2v) is 9.04. The molecule has 1 aliphatic carbocycles. The Hall–Kier alpha value is -3.10. The van der Waals surface area contributed by atoms with Gasteiger partial charge in [-0.15, -0.1) is 11.3 Å². The van der Waals surface area contributed by atoms with E-state index in [2.05, 4.69) is 80.6 Å². The Balaban J connectivity index is 1.66. The summed E-state index contributed by atoms with van der Waals surface area (Å²) in [7, 11) is 0. The minimum absolute atomic E-state index is 0.451. The minimum atomic E-state index is 0.451. The van der Waals surface area contributed by atoms with E-state index >= 15 is 0 Å². The maximum atomic E-state index is 6.11. The van der Waals surface area contributed by atoms with Crippen molar-refractivity contribution in [2.45, 2.75) is 20.3 Å². The Labute approximate surface area is 178 Å². The molecule has 1 atom stereocenters. The van der Waals surface area contributed by atoms with Crippen LogP contribution in [0.25, 0.3) is 54.9 Å². The molecule has 6 rings (SSSR count). The molecule has 0 bridgehead atoms. The van der Waals surface area contributed by atoms with Crippen LogP contribution in [0.15, 0.2) is 76.7 Å². The number of hydrogen-bond acceptors (Lipinski definition) is 2. The topological polar surface area (TPSA) is 13.1 Å². The highest BCUT2D eigenvalue weighted by Crippen LogP contribution is 2.35. The normalized spacial score (nSPS) is 17.1. The largest absolute Gasteiger partial charge is 0.456 e. The summed E-state index contributed by atoms with van der Waals surface area (Å²) in [4.78, 5) is 0. The van der Waals surface area contributed by atoms with Crippen molar-refractivity contribution in [2.24, 2.45) is 5.92 Å². The van der Waals surface area contributed by atoms with Crippen LogP contribution < -0.4 is 9.75 Å². The molecule has 0 saturated heterocycles. The lowest BCUT2D eigenvalue weighted by Crippen LogP contribution is -2.24. The summed E-state index contributed by atoms with van der Waals surface area (Å²) < 4.78 is 8.89. The molecule has 0 spiro atoms. The third-order valence-electron chi connectivity index (χ3n) is 6.28. The number of fused-ring (bicyclic) bond motifs is 8. The van der Waals surface area contributed by atoms with Crippen molar-refractivity contribution in [3.8, 4) is 0 Å². The Morgan fingerprint density at radius 1 is 0.967 bits per heavy atom. The number of thiophene rings is 1. The lowest BCUT2D eigenvalue weighted by molar-refractivity contribution is 0.669. The maximum absolute atomic E-state index is 6.11. The molecule has 0 N–H and O–H groups in total. The molecule has 146 valence electrons. The van der Waals surface area contributed by atoms with E-state index in [-0.39, 0.29) is 0 Å². The van der Waals surface area contributed by atoms with Gasteiger partial charge in [0, 0.05) is 36.7 Å². The minimum Gasteiger partial charge on any atom is -0.456 e. The van der Waals surface area contributed by atoms with Crippen molar-refractivity contribution in [1.29, 1.82) is 0 Å².